The zero-order chi connectivity index (χ0) is 15.6. The van der Waals surface area contributed by atoms with Crippen LogP contribution in [-0.4, -0.2) is 8.42 Å². The van der Waals surface area contributed by atoms with E-state index in [9.17, 15) is 8.42 Å². The first-order valence-corrected chi connectivity index (χ1v) is 8.28. The van der Waals surface area contributed by atoms with Crippen molar-refractivity contribution in [3.05, 3.63) is 75.1 Å². The van der Waals surface area contributed by atoms with Crippen LogP contribution in [-0.2, 0) is 9.84 Å². The quantitative estimate of drug-likeness (QED) is 0.760. The Hall–Kier alpha value is -1.54. The summed E-state index contributed by atoms with van der Waals surface area (Å²) in [5, 5.41) is -0.829. The maximum absolute atomic E-state index is 12.6. The van der Waals surface area contributed by atoms with Crippen molar-refractivity contribution >= 4 is 33.0 Å². The van der Waals surface area contributed by atoms with Crippen LogP contribution in [0, 0.1) is 13.5 Å². The van der Waals surface area contributed by atoms with Gasteiger partial charge in [0.2, 0.25) is 0 Å². The largest absolute Gasteiger partial charge is 0.351 e. The number of hydrogen-bond donors (Lipinski definition) is 0. The summed E-state index contributed by atoms with van der Waals surface area (Å²) in [5.41, 5.74) is 1.18. The van der Waals surface area contributed by atoms with E-state index in [0.29, 0.717) is 5.02 Å². The molecule has 21 heavy (non-hydrogen) atoms. The summed E-state index contributed by atoms with van der Waals surface area (Å²) in [4.78, 5) is 3.35. The molecule has 2 aromatic rings. The highest BCUT2D eigenvalue weighted by molar-refractivity contribution is 7.91. The molecule has 0 amide bonds. The van der Waals surface area contributed by atoms with E-state index >= 15 is 0 Å². The molecule has 2 aromatic carbocycles. The van der Waals surface area contributed by atoms with Crippen molar-refractivity contribution in [2.24, 2.45) is 0 Å². The highest BCUT2D eigenvalue weighted by Crippen LogP contribution is 2.35. The summed E-state index contributed by atoms with van der Waals surface area (Å²) in [6.07, 6.45) is 0. The van der Waals surface area contributed by atoms with Gasteiger partial charge in [-0.2, -0.15) is 0 Å². The monoisotopic (exact) mass is 339 g/mol. The molecule has 0 saturated carbocycles. The molecule has 1 atom stereocenters. The lowest BCUT2D eigenvalue weighted by Crippen LogP contribution is -2.11. The molecule has 0 N–H and O–H groups in total. The number of rotatable bonds is 3. The number of halogens is 2. The second kappa shape index (κ2) is 6.07. The van der Waals surface area contributed by atoms with Gasteiger partial charge in [0.25, 0.3) is 9.84 Å². The van der Waals surface area contributed by atoms with Gasteiger partial charge in [0, 0.05) is 5.02 Å². The van der Waals surface area contributed by atoms with Gasteiger partial charge in [0.15, 0.2) is 0 Å². The molecule has 0 heterocycles. The summed E-state index contributed by atoms with van der Waals surface area (Å²) < 4.78 is 25.2. The van der Waals surface area contributed by atoms with E-state index in [0.717, 1.165) is 5.56 Å². The van der Waals surface area contributed by atoms with E-state index in [-0.39, 0.29) is 15.5 Å². The average Bonchev–Trinajstić information content (AvgIpc) is 2.42. The summed E-state index contributed by atoms with van der Waals surface area (Å²) in [5.74, 6) is 0. The van der Waals surface area contributed by atoms with E-state index in [1.54, 1.807) is 12.1 Å². The van der Waals surface area contributed by atoms with Crippen molar-refractivity contribution < 1.29 is 8.42 Å². The Morgan fingerprint density at radius 1 is 1.10 bits per heavy atom. The molecule has 0 aliphatic rings. The van der Waals surface area contributed by atoms with Crippen LogP contribution in [0.1, 0.15) is 16.5 Å². The molecule has 3 nitrogen and oxygen atoms in total. The van der Waals surface area contributed by atoms with Crippen LogP contribution in [0.5, 0.6) is 0 Å². The molecule has 0 bridgehead atoms. The molecule has 0 radical (unpaired) electrons. The predicted octanol–water partition coefficient (Wildman–Crippen LogP) is 4.69. The van der Waals surface area contributed by atoms with Gasteiger partial charge >= 0.3 is 5.37 Å². The van der Waals surface area contributed by atoms with E-state index in [1.807, 2.05) is 6.92 Å². The number of benzene rings is 2. The van der Waals surface area contributed by atoms with Crippen LogP contribution in [0.4, 0.5) is 0 Å². The first kappa shape index (κ1) is 15.8. The van der Waals surface area contributed by atoms with E-state index in [2.05, 4.69) is 4.85 Å². The first-order valence-electron chi connectivity index (χ1n) is 5.98. The highest BCUT2D eigenvalue weighted by atomic mass is 35.5. The van der Waals surface area contributed by atoms with E-state index in [4.69, 9.17) is 29.8 Å². The van der Waals surface area contributed by atoms with Gasteiger partial charge in [-0.1, -0.05) is 40.9 Å². The first-order chi connectivity index (χ1) is 9.86. The zero-order valence-electron chi connectivity index (χ0n) is 11.0. The van der Waals surface area contributed by atoms with Gasteiger partial charge in [-0.25, -0.2) is 15.0 Å². The van der Waals surface area contributed by atoms with Gasteiger partial charge in [-0.3, -0.25) is 4.85 Å². The lowest BCUT2D eigenvalue weighted by Gasteiger charge is -2.10. The summed E-state index contributed by atoms with van der Waals surface area (Å²) in [7, 11) is -3.84. The predicted molar refractivity (Wildman–Crippen MR) is 84.2 cm³/mol. The lowest BCUT2D eigenvalue weighted by molar-refractivity contribution is 0.590. The minimum absolute atomic E-state index is 0.0973. The van der Waals surface area contributed by atoms with Crippen LogP contribution in [0.3, 0.4) is 0 Å². The summed E-state index contributed by atoms with van der Waals surface area (Å²) in [6.45, 7) is 9.11. The molecule has 0 spiro atoms. The Morgan fingerprint density at radius 2 is 1.71 bits per heavy atom. The number of aryl methyl sites for hydroxylation is 1. The Balaban J connectivity index is 2.55. The third-order valence-corrected chi connectivity index (χ3v) is 5.43. The Morgan fingerprint density at radius 3 is 2.24 bits per heavy atom. The van der Waals surface area contributed by atoms with Gasteiger partial charge in [-0.15, -0.1) is 0 Å². The fourth-order valence-corrected chi connectivity index (χ4v) is 3.89. The van der Waals surface area contributed by atoms with Crippen molar-refractivity contribution in [3.8, 4) is 0 Å². The molecule has 0 fully saturated rings. The molecule has 0 aromatic heterocycles. The molecular weight excluding hydrogens is 329 g/mol. The Kier molecular flexibility index (Phi) is 4.58. The highest BCUT2D eigenvalue weighted by Gasteiger charge is 2.36. The van der Waals surface area contributed by atoms with Crippen molar-refractivity contribution in [2.75, 3.05) is 0 Å². The number of nitrogens with zero attached hydrogens (tertiary/aromatic N) is 1. The van der Waals surface area contributed by atoms with E-state index < -0.39 is 15.2 Å². The standard InChI is InChI=1S/C15H11Cl2NO2S/c1-10-3-6-12(7-4-10)21(19,20)15(18-2)13-8-5-11(16)9-14(13)17/h3-9,15H,1H3/t15-/m0/s1. The van der Waals surface area contributed by atoms with Gasteiger partial charge < -0.3 is 0 Å². The zero-order valence-corrected chi connectivity index (χ0v) is 13.4. The molecule has 0 unspecified atom stereocenters. The van der Waals surface area contributed by atoms with Crippen LogP contribution < -0.4 is 0 Å². The topological polar surface area (TPSA) is 38.5 Å². The number of hydrogen-bond acceptors (Lipinski definition) is 2. The molecule has 108 valence electrons. The molecule has 0 aliphatic carbocycles. The van der Waals surface area contributed by atoms with Crippen molar-refractivity contribution in [1.82, 2.24) is 0 Å². The minimum atomic E-state index is -3.84. The third kappa shape index (κ3) is 3.21. The summed E-state index contributed by atoms with van der Waals surface area (Å²) >= 11 is 11.8. The van der Waals surface area contributed by atoms with E-state index in [1.165, 1.54) is 30.3 Å². The fraction of sp³-hybridized carbons (Fsp3) is 0.133. The van der Waals surface area contributed by atoms with Crippen LogP contribution in [0.2, 0.25) is 10.0 Å². The second-order valence-electron chi connectivity index (χ2n) is 4.51. The average molecular weight is 340 g/mol. The van der Waals surface area contributed by atoms with Crippen molar-refractivity contribution in [1.29, 1.82) is 0 Å². The van der Waals surface area contributed by atoms with Crippen LogP contribution in [0.15, 0.2) is 47.4 Å². The van der Waals surface area contributed by atoms with Crippen molar-refractivity contribution in [3.63, 3.8) is 0 Å². The Labute approximate surface area is 133 Å². The maximum Gasteiger partial charge on any atom is 0.351 e. The minimum Gasteiger partial charge on any atom is -0.291 e. The van der Waals surface area contributed by atoms with Gasteiger partial charge in [0.05, 0.1) is 15.5 Å². The molecule has 0 aliphatic heterocycles. The fourth-order valence-electron chi connectivity index (χ4n) is 1.86. The van der Waals surface area contributed by atoms with Crippen LogP contribution >= 0.6 is 23.2 Å². The molecular formula is C15H11Cl2NO2S. The molecule has 0 saturated heterocycles. The van der Waals surface area contributed by atoms with Gasteiger partial charge in [0.1, 0.15) is 0 Å². The smallest absolute Gasteiger partial charge is 0.291 e. The Bertz CT molecular complexity index is 809. The maximum atomic E-state index is 12.6. The van der Waals surface area contributed by atoms with Crippen molar-refractivity contribution in [2.45, 2.75) is 17.2 Å². The van der Waals surface area contributed by atoms with Crippen LogP contribution in [0.25, 0.3) is 4.85 Å². The lowest BCUT2D eigenvalue weighted by atomic mass is 10.2. The molecule has 6 heteroatoms. The van der Waals surface area contributed by atoms with Gasteiger partial charge in [-0.05, 0) is 37.3 Å². The SMILES string of the molecule is [C-]#[N+][C@H](c1ccc(Cl)cc1Cl)S(=O)(=O)c1ccc(C)cc1. The number of sulfone groups is 1. The molecule has 2 rings (SSSR count). The third-order valence-electron chi connectivity index (χ3n) is 2.99. The summed E-state index contributed by atoms with van der Waals surface area (Å²) in [6, 6.07) is 10.8. The normalized spacial score (nSPS) is 12.7. The second-order valence-corrected chi connectivity index (χ2v) is 7.36.